The van der Waals surface area contributed by atoms with Gasteiger partial charge < -0.3 is 21.5 Å². The van der Waals surface area contributed by atoms with Gasteiger partial charge >= 0.3 is 0 Å². The van der Waals surface area contributed by atoms with E-state index in [1.807, 2.05) is 0 Å². The Bertz CT molecular complexity index is 400. The van der Waals surface area contributed by atoms with E-state index >= 15 is 0 Å². The number of thiazole rings is 1. The number of amides is 1. The van der Waals surface area contributed by atoms with Crippen LogP contribution in [0.1, 0.15) is 22.5 Å². The smallest absolute Gasteiger partial charge is 0.265 e. The quantitative estimate of drug-likeness (QED) is 0.598. The van der Waals surface area contributed by atoms with Crippen molar-refractivity contribution in [3.8, 4) is 0 Å². The molecule has 6 nitrogen and oxygen atoms in total. The van der Waals surface area contributed by atoms with Crippen molar-refractivity contribution in [3.05, 3.63) is 4.88 Å². The van der Waals surface area contributed by atoms with Crippen molar-refractivity contribution < 1.29 is 9.90 Å². The molecule has 0 bridgehead atoms. The first kappa shape index (κ1) is 11.2. The third kappa shape index (κ3) is 2.10. The highest BCUT2D eigenvalue weighted by Gasteiger charge is 2.29. The molecule has 1 heterocycles. The van der Waals surface area contributed by atoms with Gasteiger partial charge in [0.15, 0.2) is 5.13 Å². The van der Waals surface area contributed by atoms with Gasteiger partial charge in [0.1, 0.15) is 10.7 Å². The van der Waals surface area contributed by atoms with Crippen LogP contribution in [0.15, 0.2) is 0 Å². The third-order valence-corrected chi connectivity index (χ3v) is 3.61. The van der Waals surface area contributed by atoms with Crippen molar-refractivity contribution >= 4 is 28.2 Å². The van der Waals surface area contributed by atoms with E-state index in [-0.39, 0.29) is 23.9 Å². The molecule has 1 aromatic heterocycles. The molecule has 1 fully saturated rings. The number of aromatic nitrogens is 1. The number of carbonyl (C=O) groups is 1. The minimum atomic E-state index is -0.281. The van der Waals surface area contributed by atoms with E-state index in [1.54, 1.807) is 7.05 Å². The normalized spacial score (nSPS) is 23.6. The molecule has 1 amide bonds. The van der Waals surface area contributed by atoms with Crippen molar-refractivity contribution in [1.82, 2.24) is 10.3 Å². The topological polar surface area (TPSA) is 100 Å². The van der Waals surface area contributed by atoms with Gasteiger partial charge in [0.2, 0.25) is 0 Å². The molecule has 5 N–H and O–H groups in total. The summed E-state index contributed by atoms with van der Waals surface area (Å²) < 4.78 is 0. The van der Waals surface area contributed by atoms with E-state index in [0.717, 1.165) is 0 Å². The van der Waals surface area contributed by atoms with Crippen LogP contribution in [0, 0.1) is 0 Å². The number of rotatable bonds is 3. The van der Waals surface area contributed by atoms with Crippen molar-refractivity contribution in [3.63, 3.8) is 0 Å². The second kappa shape index (κ2) is 4.26. The van der Waals surface area contributed by atoms with Gasteiger partial charge in [-0.05, 0) is 12.8 Å². The van der Waals surface area contributed by atoms with Crippen LogP contribution in [0.2, 0.25) is 0 Å². The summed E-state index contributed by atoms with van der Waals surface area (Å²) in [6.45, 7) is 0. The Morgan fingerprint density at radius 2 is 2.31 bits per heavy atom. The summed E-state index contributed by atoms with van der Waals surface area (Å²) >= 11 is 1.22. The lowest BCUT2D eigenvalue weighted by Crippen LogP contribution is -2.46. The molecule has 88 valence electrons. The predicted octanol–water partition coefficient (Wildman–Crippen LogP) is 0.0201. The van der Waals surface area contributed by atoms with Gasteiger partial charge in [-0.3, -0.25) is 4.79 Å². The number of nitrogen functional groups attached to an aromatic ring is 1. The van der Waals surface area contributed by atoms with E-state index in [0.29, 0.717) is 22.9 Å². The molecule has 1 aliphatic rings. The molecule has 7 heteroatoms. The lowest BCUT2D eigenvalue weighted by molar-refractivity contribution is 0.0565. The number of nitrogens with two attached hydrogens (primary N) is 1. The van der Waals surface area contributed by atoms with E-state index in [2.05, 4.69) is 15.6 Å². The van der Waals surface area contributed by atoms with Crippen LogP contribution in [0.5, 0.6) is 0 Å². The summed E-state index contributed by atoms with van der Waals surface area (Å²) in [4.78, 5) is 16.2. The van der Waals surface area contributed by atoms with Crippen molar-refractivity contribution in [2.45, 2.75) is 25.0 Å². The number of aliphatic hydroxyl groups is 1. The average molecular weight is 242 g/mol. The monoisotopic (exact) mass is 242 g/mol. The maximum atomic E-state index is 11.8. The Hall–Kier alpha value is -1.34. The summed E-state index contributed by atoms with van der Waals surface area (Å²) in [7, 11) is 1.72. The van der Waals surface area contributed by atoms with Gasteiger partial charge in [0.05, 0.1) is 6.10 Å². The van der Waals surface area contributed by atoms with Crippen LogP contribution in [0.4, 0.5) is 10.9 Å². The number of nitrogens with one attached hydrogen (secondary N) is 2. The van der Waals surface area contributed by atoms with Crippen LogP contribution in [0.25, 0.3) is 0 Å². The fourth-order valence-electron chi connectivity index (χ4n) is 1.56. The zero-order valence-electron chi connectivity index (χ0n) is 8.86. The van der Waals surface area contributed by atoms with Gasteiger partial charge in [0.25, 0.3) is 5.91 Å². The van der Waals surface area contributed by atoms with Crippen LogP contribution in [0.3, 0.4) is 0 Å². The lowest BCUT2D eigenvalue weighted by Gasteiger charge is -2.31. The third-order valence-electron chi connectivity index (χ3n) is 2.52. The van der Waals surface area contributed by atoms with Gasteiger partial charge in [-0.25, -0.2) is 4.98 Å². The van der Waals surface area contributed by atoms with Crippen LogP contribution in [-0.2, 0) is 0 Å². The molecule has 0 radical (unpaired) electrons. The predicted molar refractivity (Wildman–Crippen MR) is 62.6 cm³/mol. The van der Waals surface area contributed by atoms with Crippen molar-refractivity contribution in [1.29, 1.82) is 0 Å². The van der Waals surface area contributed by atoms with Gasteiger partial charge in [-0.1, -0.05) is 11.3 Å². The van der Waals surface area contributed by atoms with E-state index in [4.69, 9.17) is 10.8 Å². The standard InChI is InChI=1S/C9H14N4O2S/c1-11-9-13-7(10)6(16-9)8(15)12-4-2-5(14)3-4/h4-5,14H,2-3,10H2,1H3,(H,11,13)(H,12,15). The van der Waals surface area contributed by atoms with Gasteiger partial charge in [0, 0.05) is 13.1 Å². The Morgan fingerprint density at radius 1 is 1.62 bits per heavy atom. The SMILES string of the molecule is CNc1nc(N)c(C(=O)NC2CC(O)C2)s1. The number of anilines is 2. The molecule has 0 unspecified atom stereocenters. The molecule has 2 rings (SSSR count). The first-order valence-electron chi connectivity index (χ1n) is 5.03. The zero-order chi connectivity index (χ0) is 11.7. The van der Waals surface area contributed by atoms with Crippen LogP contribution < -0.4 is 16.4 Å². The fraction of sp³-hybridized carbons (Fsp3) is 0.556. The average Bonchev–Trinajstić information content (AvgIpc) is 2.57. The van der Waals surface area contributed by atoms with Crippen molar-refractivity contribution in [2.24, 2.45) is 0 Å². The molecule has 1 aliphatic carbocycles. The second-order valence-corrected chi connectivity index (χ2v) is 4.78. The Balaban J connectivity index is 2.00. The molecule has 1 aromatic rings. The lowest BCUT2D eigenvalue weighted by atomic mass is 9.89. The molecular weight excluding hydrogens is 228 g/mol. The Morgan fingerprint density at radius 3 is 2.81 bits per heavy atom. The van der Waals surface area contributed by atoms with E-state index < -0.39 is 0 Å². The van der Waals surface area contributed by atoms with Crippen molar-refractivity contribution in [2.75, 3.05) is 18.1 Å². The van der Waals surface area contributed by atoms with Gasteiger partial charge in [-0.15, -0.1) is 0 Å². The first-order chi connectivity index (χ1) is 7.60. The minimum absolute atomic E-state index is 0.0574. The molecule has 1 saturated carbocycles. The molecule has 0 aliphatic heterocycles. The summed E-state index contributed by atoms with van der Waals surface area (Å²) in [6, 6.07) is 0.0574. The van der Waals surface area contributed by atoms with Crippen LogP contribution >= 0.6 is 11.3 Å². The van der Waals surface area contributed by atoms with E-state index in [1.165, 1.54) is 11.3 Å². The number of hydrogen-bond acceptors (Lipinski definition) is 6. The summed E-state index contributed by atoms with van der Waals surface area (Å²) in [5, 5.41) is 15.4. The number of nitrogens with zero attached hydrogens (tertiary/aromatic N) is 1. The highest BCUT2D eigenvalue weighted by Crippen LogP contribution is 2.26. The first-order valence-corrected chi connectivity index (χ1v) is 5.84. The second-order valence-electron chi connectivity index (χ2n) is 3.78. The Kier molecular flexibility index (Phi) is 2.97. The number of aliphatic hydroxyl groups excluding tert-OH is 1. The number of carbonyl (C=O) groups excluding carboxylic acids is 1. The molecule has 0 saturated heterocycles. The highest BCUT2D eigenvalue weighted by molar-refractivity contribution is 7.18. The minimum Gasteiger partial charge on any atom is -0.393 e. The summed E-state index contributed by atoms with van der Waals surface area (Å²) in [5.41, 5.74) is 5.63. The largest absolute Gasteiger partial charge is 0.393 e. The highest BCUT2D eigenvalue weighted by atomic mass is 32.1. The molecular formula is C9H14N4O2S. The molecule has 16 heavy (non-hydrogen) atoms. The molecule has 0 aromatic carbocycles. The van der Waals surface area contributed by atoms with Gasteiger partial charge in [-0.2, -0.15) is 0 Å². The maximum absolute atomic E-state index is 11.8. The fourth-order valence-corrected chi connectivity index (χ4v) is 2.30. The Labute approximate surface area is 96.9 Å². The molecule has 0 spiro atoms. The molecule has 0 atom stereocenters. The summed E-state index contributed by atoms with van der Waals surface area (Å²) in [5.74, 6) is 0.0279. The van der Waals surface area contributed by atoms with Crippen LogP contribution in [-0.4, -0.2) is 35.2 Å². The van der Waals surface area contributed by atoms with E-state index in [9.17, 15) is 4.79 Å². The number of hydrogen-bond donors (Lipinski definition) is 4. The summed E-state index contributed by atoms with van der Waals surface area (Å²) in [6.07, 6.45) is 0.948. The maximum Gasteiger partial charge on any atom is 0.265 e. The zero-order valence-corrected chi connectivity index (χ0v) is 9.67.